The Kier molecular flexibility index (Phi) is 7.48. The summed E-state index contributed by atoms with van der Waals surface area (Å²) in [5, 5.41) is 13.3. The molecule has 0 saturated carbocycles. The second kappa shape index (κ2) is 10.6. The van der Waals surface area contributed by atoms with Crippen LogP contribution in [-0.4, -0.2) is 68.2 Å². The van der Waals surface area contributed by atoms with Gasteiger partial charge in [-0.2, -0.15) is 5.26 Å². The van der Waals surface area contributed by atoms with Gasteiger partial charge >= 0.3 is 12.1 Å². The van der Waals surface area contributed by atoms with E-state index in [-0.39, 0.29) is 30.2 Å². The van der Waals surface area contributed by atoms with Crippen LogP contribution in [0.4, 0.5) is 15.0 Å². The molecule has 1 fully saturated rings. The van der Waals surface area contributed by atoms with Crippen LogP contribution in [0.5, 0.6) is 0 Å². The van der Waals surface area contributed by atoms with Gasteiger partial charge in [-0.3, -0.25) is 4.98 Å². The van der Waals surface area contributed by atoms with Gasteiger partial charge in [0.2, 0.25) is 0 Å². The van der Waals surface area contributed by atoms with Crippen molar-refractivity contribution in [2.75, 3.05) is 31.6 Å². The maximum atomic E-state index is 14.5. The molecule has 0 unspecified atom stereocenters. The van der Waals surface area contributed by atoms with Crippen molar-refractivity contribution in [3.05, 3.63) is 42.4 Å². The summed E-state index contributed by atoms with van der Waals surface area (Å²) in [6.45, 7) is 8.25. The maximum Gasteiger partial charge on any atom is 0.410 e. The number of hydrogen-bond donors (Lipinski definition) is 1. The van der Waals surface area contributed by atoms with Crippen molar-refractivity contribution in [1.29, 1.82) is 5.26 Å². The molecular weight excluding hydrogens is 493 g/mol. The summed E-state index contributed by atoms with van der Waals surface area (Å²) in [5.41, 5.74) is -0.484. The first-order valence-electron chi connectivity index (χ1n) is 12.3. The van der Waals surface area contributed by atoms with Gasteiger partial charge < -0.3 is 24.1 Å². The quantitative estimate of drug-likeness (QED) is 0.475. The number of anilines is 1. The number of ether oxygens (including phenoxy) is 2. The molecule has 0 bridgehead atoms. The fourth-order valence-corrected chi connectivity index (χ4v) is 4.16. The van der Waals surface area contributed by atoms with Crippen molar-refractivity contribution in [3.8, 4) is 17.3 Å². The summed E-state index contributed by atoms with van der Waals surface area (Å²) >= 11 is 0. The lowest BCUT2D eigenvalue weighted by atomic mass is 9.80. The smallest absolute Gasteiger partial charge is 0.410 e. The van der Waals surface area contributed by atoms with Gasteiger partial charge in [0.05, 0.1) is 30.0 Å². The van der Waals surface area contributed by atoms with Gasteiger partial charge in [0, 0.05) is 43.8 Å². The van der Waals surface area contributed by atoms with Gasteiger partial charge in [0.15, 0.2) is 23.0 Å². The molecule has 0 radical (unpaired) electrons. The zero-order valence-corrected chi connectivity index (χ0v) is 21.8. The third-order valence-electron chi connectivity index (χ3n) is 6.17. The molecule has 0 spiro atoms. The first-order valence-corrected chi connectivity index (χ1v) is 12.3. The zero-order chi connectivity index (χ0) is 27.5. The third kappa shape index (κ3) is 5.82. The minimum absolute atomic E-state index is 0.0738. The second-order valence-corrected chi connectivity index (χ2v) is 10.1. The molecule has 1 aliphatic heterocycles. The first kappa shape index (κ1) is 26.8. The summed E-state index contributed by atoms with van der Waals surface area (Å²) in [6.07, 6.45) is 6.04. The van der Waals surface area contributed by atoms with Crippen LogP contribution in [-0.2, 0) is 9.47 Å². The Morgan fingerprint density at radius 2 is 1.97 bits per heavy atom. The van der Waals surface area contributed by atoms with Crippen LogP contribution in [0, 0.1) is 22.6 Å². The Labute approximate surface area is 219 Å². The Morgan fingerprint density at radius 3 is 2.61 bits per heavy atom. The monoisotopic (exact) mass is 523 g/mol. The molecule has 38 heavy (non-hydrogen) atoms. The van der Waals surface area contributed by atoms with E-state index in [0.717, 1.165) is 6.20 Å². The lowest BCUT2D eigenvalue weighted by Gasteiger charge is -2.37. The van der Waals surface area contributed by atoms with Crippen LogP contribution in [0.1, 0.15) is 51.0 Å². The number of amides is 1. The van der Waals surface area contributed by atoms with E-state index in [0.29, 0.717) is 37.3 Å². The fraction of sp³-hybridized carbons (Fsp3) is 0.462. The molecule has 1 amide bonds. The molecule has 3 aromatic rings. The number of likely N-dealkylation sites (tertiary alicyclic amines) is 1. The highest BCUT2D eigenvalue weighted by molar-refractivity contribution is 5.89. The number of fused-ring (bicyclic) bond motifs is 1. The zero-order valence-electron chi connectivity index (χ0n) is 21.8. The fourth-order valence-electron chi connectivity index (χ4n) is 4.16. The molecule has 4 rings (SSSR count). The molecule has 12 heteroatoms. The highest BCUT2D eigenvalue weighted by Gasteiger charge is 2.37. The van der Waals surface area contributed by atoms with Crippen molar-refractivity contribution >= 4 is 23.5 Å². The van der Waals surface area contributed by atoms with E-state index in [9.17, 15) is 19.2 Å². The molecule has 1 aliphatic rings. The number of esters is 1. The van der Waals surface area contributed by atoms with Crippen LogP contribution in [0.15, 0.2) is 30.9 Å². The number of imidazole rings is 1. The molecule has 200 valence electrons. The number of pyridine rings is 1. The number of carbonyl (C=O) groups excluding carboxylic acids is 2. The topological polar surface area (TPSA) is 135 Å². The number of piperidine rings is 1. The Morgan fingerprint density at radius 1 is 1.24 bits per heavy atom. The van der Waals surface area contributed by atoms with Crippen LogP contribution in [0.3, 0.4) is 0 Å². The molecule has 0 atom stereocenters. The molecule has 1 N–H and O–H groups in total. The highest BCUT2D eigenvalue weighted by Crippen LogP contribution is 2.33. The van der Waals surface area contributed by atoms with Crippen LogP contribution in [0.25, 0.3) is 16.9 Å². The molecule has 4 heterocycles. The summed E-state index contributed by atoms with van der Waals surface area (Å²) in [5.74, 6) is -0.876. The number of nitrogens with one attached hydrogen (secondary N) is 1. The largest absolute Gasteiger partial charge is 0.461 e. The van der Waals surface area contributed by atoms with E-state index >= 15 is 0 Å². The van der Waals surface area contributed by atoms with Crippen LogP contribution < -0.4 is 5.32 Å². The third-order valence-corrected chi connectivity index (χ3v) is 6.17. The standard InChI is InChI=1S/C26H30FN7O4/c1-5-37-23(35)20-14-34-13-19(17-6-9-29-12-18(17)27)31-21(22(34)32-20)30-16-26(15-28)7-10-33(11-8-26)24(36)38-25(2,3)4/h6,9,12-14H,5,7-8,10-11,16H2,1-4H3,(H,30,31). The molecule has 11 nitrogen and oxygen atoms in total. The van der Waals surface area contributed by atoms with E-state index in [1.54, 1.807) is 43.2 Å². The normalized spacial score (nSPS) is 15.1. The number of nitriles is 1. The second-order valence-electron chi connectivity index (χ2n) is 10.1. The average molecular weight is 524 g/mol. The van der Waals surface area contributed by atoms with E-state index in [1.807, 2.05) is 0 Å². The highest BCUT2D eigenvalue weighted by atomic mass is 19.1. The summed E-state index contributed by atoms with van der Waals surface area (Å²) in [7, 11) is 0. The first-order chi connectivity index (χ1) is 18.0. The molecule has 3 aromatic heterocycles. The van der Waals surface area contributed by atoms with Crippen LogP contribution in [0.2, 0.25) is 0 Å². The number of carbonyl (C=O) groups is 2. The minimum Gasteiger partial charge on any atom is -0.461 e. The van der Waals surface area contributed by atoms with E-state index < -0.39 is 28.9 Å². The maximum absolute atomic E-state index is 14.5. The number of hydrogen-bond acceptors (Lipinski definition) is 9. The SMILES string of the molecule is CCOC(=O)c1cn2cc(-c3ccncc3F)nc(NCC3(C#N)CCN(C(=O)OC(C)(C)C)CC3)c2n1. The number of rotatable bonds is 6. The number of aromatic nitrogens is 4. The molecular formula is C26H30FN7O4. The molecule has 0 aromatic carbocycles. The Balaban J connectivity index is 1.60. The average Bonchev–Trinajstić information content (AvgIpc) is 3.31. The van der Waals surface area contributed by atoms with Crippen molar-refractivity contribution in [3.63, 3.8) is 0 Å². The predicted octanol–water partition coefficient (Wildman–Crippen LogP) is 4.06. The Bertz CT molecular complexity index is 1380. The van der Waals surface area contributed by atoms with Gasteiger partial charge in [-0.15, -0.1) is 0 Å². The van der Waals surface area contributed by atoms with Gasteiger partial charge in [0.1, 0.15) is 5.60 Å². The number of nitrogens with zero attached hydrogens (tertiary/aromatic N) is 6. The number of halogens is 1. The van der Waals surface area contributed by atoms with Crippen molar-refractivity contribution in [1.82, 2.24) is 24.3 Å². The van der Waals surface area contributed by atoms with Gasteiger partial charge in [-0.05, 0) is 46.6 Å². The lowest BCUT2D eigenvalue weighted by molar-refractivity contribution is 0.0155. The summed E-state index contributed by atoms with van der Waals surface area (Å²) < 4.78 is 26.6. The van der Waals surface area contributed by atoms with E-state index in [1.165, 1.54) is 18.5 Å². The molecule has 0 aliphatic carbocycles. The molecule has 1 saturated heterocycles. The predicted molar refractivity (Wildman–Crippen MR) is 136 cm³/mol. The van der Waals surface area contributed by atoms with Crippen LogP contribution >= 0.6 is 0 Å². The van der Waals surface area contributed by atoms with E-state index in [2.05, 4.69) is 26.3 Å². The van der Waals surface area contributed by atoms with E-state index in [4.69, 9.17) is 9.47 Å². The van der Waals surface area contributed by atoms with Crippen molar-refractivity contribution in [2.24, 2.45) is 5.41 Å². The minimum atomic E-state index is -0.786. The van der Waals surface area contributed by atoms with Gasteiger partial charge in [-0.1, -0.05) is 0 Å². The summed E-state index contributed by atoms with van der Waals surface area (Å²) in [4.78, 5) is 39.1. The summed E-state index contributed by atoms with van der Waals surface area (Å²) in [6, 6.07) is 3.90. The van der Waals surface area contributed by atoms with Gasteiger partial charge in [-0.25, -0.2) is 23.9 Å². The Hall–Kier alpha value is -4.27. The van der Waals surface area contributed by atoms with Crippen molar-refractivity contribution in [2.45, 2.75) is 46.1 Å². The lowest BCUT2D eigenvalue weighted by Crippen LogP contribution is -2.46. The van der Waals surface area contributed by atoms with Crippen molar-refractivity contribution < 1.29 is 23.5 Å². The van der Waals surface area contributed by atoms with Gasteiger partial charge in [0.25, 0.3) is 0 Å².